The SMILES string of the molecule is Cc1ccc(C(=O)N2CCN(S(=O)(=O)c3cc([N+](=O)[O-])ccc3C)CC2)o1. The zero-order chi connectivity index (χ0) is 19.8. The summed E-state index contributed by atoms with van der Waals surface area (Å²) in [4.78, 5) is 24.2. The molecule has 0 saturated carbocycles. The lowest BCUT2D eigenvalue weighted by molar-refractivity contribution is -0.385. The monoisotopic (exact) mass is 393 g/mol. The first kappa shape index (κ1) is 19.1. The van der Waals surface area contributed by atoms with Gasteiger partial charge in [0.15, 0.2) is 5.76 Å². The number of non-ortho nitro benzene ring substituents is 1. The number of hydrogen-bond acceptors (Lipinski definition) is 6. The van der Waals surface area contributed by atoms with Crippen LogP contribution < -0.4 is 0 Å². The highest BCUT2D eigenvalue weighted by Gasteiger charge is 2.32. The maximum absolute atomic E-state index is 12.9. The van der Waals surface area contributed by atoms with Gasteiger partial charge in [0.25, 0.3) is 11.6 Å². The van der Waals surface area contributed by atoms with E-state index < -0.39 is 14.9 Å². The highest BCUT2D eigenvalue weighted by Crippen LogP contribution is 2.26. The molecule has 2 heterocycles. The van der Waals surface area contributed by atoms with Crippen LogP contribution in [0, 0.1) is 24.0 Å². The Morgan fingerprint density at radius 1 is 1.11 bits per heavy atom. The second-order valence-corrected chi connectivity index (χ2v) is 8.22. The molecule has 1 aromatic carbocycles. The third-order valence-corrected chi connectivity index (χ3v) is 6.52. The minimum Gasteiger partial charge on any atom is -0.456 e. The average molecular weight is 393 g/mol. The third kappa shape index (κ3) is 3.71. The molecule has 0 spiro atoms. The van der Waals surface area contributed by atoms with Crippen molar-refractivity contribution >= 4 is 21.6 Å². The molecule has 1 fully saturated rings. The molecule has 1 aliphatic heterocycles. The van der Waals surface area contributed by atoms with Gasteiger partial charge in [-0.15, -0.1) is 0 Å². The van der Waals surface area contributed by atoms with Crippen molar-refractivity contribution in [2.24, 2.45) is 0 Å². The van der Waals surface area contributed by atoms with Crippen LogP contribution in [0.3, 0.4) is 0 Å². The minimum atomic E-state index is -3.89. The molecule has 0 unspecified atom stereocenters. The minimum absolute atomic E-state index is 0.0851. The van der Waals surface area contributed by atoms with E-state index in [2.05, 4.69) is 0 Å². The van der Waals surface area contributed by atoms with E-state index in [0.717, 1.165) is 6.07 Å². The van der Waals surface area contributed by atoms with E-state index in [1.807, 2.05) is 0 Å². The zero-order valence-electron chi connectivity index (χ0n) is 14.9. The lowest BCUT2D eigenvalue weighted by atomic mass is 10.2. The van der Waals surface area contributed by atoms with Gasteiger partial charge >= 0.3 is 0 Å². The van der Waals surface area contributed by atoms with E-state index in [0.29, 0.717) is 11.3 Å². The van der Waals surface area contributed by atoms with E-state index in [-0.39, 0.29) is 48.4 Å². The molecule has 1 aliphatic rings. The van der Waals surface area contributed by atoms with Gasteiger partial charge in [0.2, 0.25) is 10.0 Å². The number of nitrogens with zero attached hydrogens (tertiary/aromatic N) is 3. The summed E-state index contributed by atoms with van der Waals surface area (Å²) < 4.78 is 32.4. The topological polar surface area (TPSA) is 114 Å². The van der Waals surface area contributed by atoms with Gasteiger partial charge in [-0.25, -0.2) is 8.42 Å². The van der Waals surface area contributed by atoms with Gasteiger partial charge in [-0.2, -0.15) is 4.31 Å². The molecule has 144 valence electrons. The number of rotatable bonds is 4. The van der Waals surface area contributed by atoms with Gasteiger partial charge < -0.3 is 9.32 Å². The van der Waals surface area contributed by atoms with Gasteiger partial charge in [-0.3, -0.25) is 14.9 Å². The number of hydrogen-bond donors (Lipinski definition) is 0. The number of benzene rings is 1. The Morgan fingerprint density at radius 2 is 1.78 bits per heavy atom. The second-order valence-electron chi connectivity index (χ2n) is 6.31. The van der Waals surface area contributed by atoms with Crippen LogP contribution in [-0.2, 0) is 10.0 Å². The number of furan rings is 1. The average Bonchev–Trinajstić information content (AvgIpc) is 3.07. The van der Waals surface area contributed by atoms with Crippen molar-refractivity contribution in [2.45, 2.75) is 18.7 Å². The molecule has 2 aromatic rings. The molecular formula is C17H19N3O6S. The molecule has 0 aliphatic carbocycles. The first-order valence-corrected chi connectivity index (χ1v) is 9.75. The summed E-state index contributed by atoms with van der Waals surface area (Å²) in [5.41, 5.74) is 0.159. The fourth-order valence-corrected chi connectivity index (χ4v) is 4.62. The molecular weight excluding hydrogens is 374 g/mol. The number of carbonyl (C=O) groups excluding carboxylic acids is 1. The Kier molecular flexibility index (Phi) is 5.03. The Balaban J connectivity index is 1.76. The van der Waals surface area contributed by atoms with Crippen molar-refractivity contribution in [1.29, 1.82) is 0 Å². The number of piperazine rings is 1. The Morgan fingerprint density at radius 3 is 2.33 bits per heavy atom. The summed E-state index contributed by atoms with van der Waals surface area (Å²) in [5.74, 6) is 0.561. The van der Waals surface area contributed by atoms with E-state index in [4.69, 9.17) is 4.42 Å². The molecule has 1 aromatic heterocycles. The fourth-order valence-electron chi connectivity index (χ4n) is 2.96. The first-order chi connectivity index (χ1) is 12.7. The van der Waals surface area contributed by atoms with Gasteiger partial charge in [0.1, 0.15) is 5.76 Å². The molecule has 0 bridgehead atoms. The van der Waals surface area contributed by atoms with Gasteiger partial charge in [-0.1, -0.05) is 6.07 Å². The highest BCUT2D eigenvalue weighted by molar-refractivity contribution is 7.89. The maximum atomic E-state index is 12.9. The van der Waals surface area contributed by atoms with Crippen molar-refractivity contribution in [3.05, 3.63) is 57.5 Å². The van der Waals surface area contributed by atoms with Crippen molar-refractivity contribution in [1.82, 2.24) is 9.21 Å². The van der Waals surface area contributed by atoms with Crippen LogP contribution in [0.25, 0.3) is 0 Å². The van der Waals surface area contributed by atoms with E-state index in [9.17, 15) is 23.3 Å². The molecule has 3 rings (SSSR count). The zero-order valence-corrected chi connectivity index (χ0v) is 15.7. The molecule has 10 heteroatoms. The molecule has 27 heavy (non-hydrogen) atoms. The molecule has 1 amide bonds. The fraction of sp³-hybridized carbons (Fsp3) is 0.353. The van der Waals surface area contributed by atoms with Crippen LogP contribution in [0.1, 0.15) is 21.9 Å². The predicted molar refractivity (Wildman–Crippen MR) is 95.9 cm³/mol. The summed E-state index contributed by atoms with van der Waals surface area (Å²) in [5, 5.41) is 11.0. The number of carbonyl (C=O) groups is 1. The van der Waals surface area contributed by atoms with Crippen molar-refractivity contribution in [2.75, 3.05) is 26.2 Å². The second kappa shape index (κ2) is 7.12. The Labute approximate surface area is 156 Å². The number of nitro groups is 1. The maximum Gasteiger partial charge on any atom is 0.289 e. The van der Waals surface area contributed by atoms with Crippen LogP contribution in [0.4, 0.5) is 5.69 Å². The number of sulfonamides is 1. The van der Waals surface area contributed by atoms with Gasteiger partial charge in [-0.05, 0) is 31.5 Å². The van der Waals surface area contributed by atoms with Crippen LogP contribution in [0.5, 0.6) is 0 Å². The van der Waals surface area contributed by atoms with Gasteiger partial charge in [0.05, 0.1) is 9.82 Å². The third-order valence-electron chi connectivity index (χ3n) is 4.48. The largest absolute Gasteiger partial charge is 0.456 e. The summed E-state index contributed by atoms with van der Waals surface area (Å²) in [6.07, 6.45) is 0. The van der Waals surface area contributed by atoms with Crippen molar-refractivity contribution in [3.8, 4) is 0 Å². The van der Waals surface area contributed by atoms with Crippen molar-refractivity contribution in [3.63, 3.8) is 0 Å². The van der Waals surface area contributed by atoms with Crippen molar-refractivity contribution < 1.29 is 22.6 Å². The van der Waals surface area contributed by atoms with E-state index in [1.54, 1.807) is 26.0 Å². The first-order valence-electron chi connectivity index (χ1n) is 8.31. The Hall–Kier alpha value is -2.72. The van der Waals surface area contributed by atoms with E-state index in [1.165, 1.54) is 21.3 Å². The molecule has 1 saturated heterocycles. The van der Waals surface area contributed by atoms with E-state index >= 15 is 0 Å². The molecule has 0 N–H and O–H groups in total. The number of amides is 1. The molecule has 0 atom stereocenters. The molecule has 0 radical (unpaired) electrons. The highest BCUT2D eigenvalue weighted by atomic mass is 32.2. The Bertz CT molecular complexity index is 990. The summed E-state index contributed by atoms with van der Waals surface area (Å²) in [6.45, 7) is 3.97. The standard InChI is InChI=1S/C17H19N3O6S/c1-12-3-5-14(20(22)23)11-16(12)27(24,25)19-9-7-18(8-10-19)17(21)15-6-4-13(2)26-15/h3-6,11H,7-10H2,1-2H3. The van der Waals surface area contributed by atoms with Gasteiger partial charge in [0, 0.05) is 38.3 Å². The molecule has 9 nitrogen and oxygen atoms in total. The lowest BCUT2D eigenvalue weighted by Crippen LogP contribution is -2.50. The van der Waals surface area contributed by atoms with Crippen LogP contribution >= 0.6 is 0 Å². The number of aryl methyl sites for hydroxylation is 2. The van der Waals surface area contributed by atoms with Crippen LogP contribution in [0.15, 0.2) is 39.6 Å². The van der Waals surface area contributed by atoms with Crippen LogP contribution in [-0.4, -0.2) is 54.6 Å². The lowest BCUT2D eigenvalue weighted by Gasteiger charge is -2.33. The number of nitro benzene ring substituents is 1. The van der Waals surface area contributed by atoms with Crippen LogP contribution in [0.2, 0.25) is 0 Å². The summed E-state index contributed by atoms with van der Waals surface area (Å²) in [6, 6.07) is 7.06. The normalized spacial score (nSPS) is 15.7. The summed E-state index contributed by atoms with van der Waals surface area (Å²) in [7, 11) is -3.89. The predicted octanol–water partition coefficient (Wildman–Crippen LogP) is 1.95. The summed E-state index contributed by atoms with van der Waals surface area (Å²) >= 11 is 0. The quantitative estimate of drug-likeness (QED) is 0.579. The smallest absolute Gasteiger partial charge is 0.289 e.